The SMILES string of the molecule is CCC1CCCC(Oc2ccc(CNC3CC3)cc2Br)C1. The van der Waals surface area contributed by atoms with E-state index in [4.69, 9.17) is 4.74 Å². The van der Waals surface area contributed by atoms with Crippen molar-refractivity contribution in [2.45, 2.75) is 70.6 Å². The van der Waals surface area contributed by atoms with Crippen LogP contribution in [0.3, 0.4) is 0 Å². The van der Waals surface area contributed by atoms with Gasteiger partial charge in [0.2, 0.25) is 0 Å². The first-order chi connectivity index (χ1) is 10.2. The lowest BCUT2D eigenvalue weighted by atomic mass is 9.85. The molecule has 2 unspecified atom stereocenters. The van der Waals surface area contributed by atoms with Crippen molar-refractivity contribution < 1.29 is 4.74 Å². The first kappa shape index (κ1) is 15.4. The molecule has 21 heavy (non-hydrogen) atoms. The molecule has 2 atom stereocenters. The first-order valence-electron chi connectivity index (χ1n) is 8.43. The molecule has 0 heterocycles. The van der Waals surface area contributed by atoms with Crippen LogP contribution in [0.25, 0.3) is 0 Å². The molecule has 1 aromatic carbocycles. The number of hydrogen-bond donors (Lipinski definition) is 1. The predicted molar refractivity (Wildman–Crippen MR) is 90.7 cm³/mol. The normalized spacial score (nSPS) is 25.8. The minimum Gasteiger partial charge on any atom is -0.489 e. The highest BCUT2D eigenvalue weighted by Gasteiger charge is 2.23. The summed E-state index contributed by atoms with van der Waals surface area (Å²) >= 11 is 3.68. The fourth-order valence-electron chi connectivity index (χ4n) is 3.20. The van der Waals surface area contributed by atoms with Gasteiger partial charge in [0.05, 0.1) is 10.6 Å². The number of nitrogens with one attached hydrogen (secondary N) is 1. The van der Waals surface area contributed by atoms with Crippen LogP contribution >= 0.6 is 15.9 Å². The van der Waals surface area contributed by atoms with Crippen LogP contribution in [0.4, 0.5) is 0 Å². The third kappa shape index (κ3) is 4.46. The van der Waals surface area contributed by atoms with E-state index in [1.807, 2.05) is 0 Å². The first-order valence-corrected chi connectivity index (χ1v) is 9.22. The molecule has 2 aliphatic carbocycles. The van der Waals surface area contributed by atoms with Crippen LogP contribution in [0.5, 0.6) is 5.75 Å². The summed E-state index contributed by atoms with van der Waals surface area (Å²) in [5.41, 5.74) is 1.33. The Labute approximate surface area is 136 Å². The molecule has 0 radical (unpaired) electrons. The highest BCUT2D eigenvalue weighted by atomic mass is 79.9. The monoisotopic (exact) mass is 351 g/mol. The summed E-state index contributed by atoms with van der Waals surface area (Å²) in [6.07, 6.45) is 9.46. The number of halogens is 1. The Balaban J connectivity index is 1.56. The zero-order valence-corrected chi connectivity index (χ0v) is 14.5. The minimum atomic E-state index is 0.399. The second-order valence-corrected chi connectivity index (χ2v) is 7.46. The highest BCUT2D eigenvalue weighted by Crippen LogP contribution is 2.33. The van der Waals surface area contributed by atoms with Crippen LogP contribution in [0, 0.1) is 5.92 Å². The maximum Gasteiger partial charge on any atom is 0.133 e. The van der Waals surface area contributed by atoms with E-state index in [-0.39, 0.29) is 0 Å². The van der Waals surface area contributed by atoms with E-state index >= 15 is 0 Å². The third-order valence-corrected chi connectivity index (χ3v) is 5.39. The Morgan fingerprint density at radius 2 is 2.10 bits per heavy atom. The van der Waals surface area contributed by atoms with Crippen molar-refractivity contribution in [2.75, 3.05) is 0 Å². The van der Waals surface area contributed by atoms with Gasteiger partial charge >= 0.3 is 0 Å². The van der Waals surface area contributed by atoms with Crippen molar-refractivity contribution in [1.29, 1.82) is 0 Å². The molecule has 1 aromatic rings. The van der Waals surface area contributed by atoms with Gasteiger partial charge in [-0.1, -0.05) is 25.8 Å². The Hall–Kier alpha value is -0.540. The predicted octanol–water partition coefficient (Wildman–Crippen LogP) is 5.05. The molecule has 3 rings (SSSR count). The molecule has 2 saturated carbocycles. The van der Waals surface area contributed by atoms with Gasteiger partial charge in [0.15, 0.2) is 0 Å². The Morgan fingerprint density at radius 1 is 1.24 bits per heavy atom. The van der Waals surface area contributed by atoms with Crippen molar-refractivity contribution in [2.24, 2.45) is 5.92 Å². The number of rotatable bonds is 6. The second kappa shape index (κ2) is 7.15. The Morgan fingerprint density at radius 3 is 2.81 bits per heavy atom. The van der Waals surface area contributed by atoms with Gasteiger partial charge in [0.25, 0.3) is 0 Å². The molecule has 3 heteroatoms. The average Bonchev–Trinajstić information content (AvgIpc) is 3.32. The lowest BCUT2D eigenvalue weighted by Crippen LogP contribution is -2.25. The van der Waals surface area contributed by atoms with Crippen LogP contribution in [-0.2, 0) is 6.54 Å². The van der Waals surface area contributed by atoms with Crippen molar-refractivity contribution >= 4 is 15.9 Å². The number of benzene rings is 1. The average molecular weight is 352 g/mol. The minimum absolute atomic E-state index is 0.399. The number of hydrogen-bond acceptors (Lipinski definition) is 2. The largest absolute Gasteiger partial charge is 0.489 e. The van der Waals surface area contributed by atoms with E-state index < -0.39 is 0 Å². The quantitative estimate of drug-likeness (QED) is 0.774. The summed E-state index contributed by atoms with van der Waals surface area (Å²) in [5, 5.41) is 3.55. The molecular formula is C18H26BrNO. The summed E-state index contributed by atoms with van der Waals surface area (Å²) in [7, 11) is 0. The van der Waals surface area contributed by atoms with Gasteiger partial charge in [0.1, 0.15) is 5.75 Å². The van der Waals surface area contributed by atoms with Crippen molar-refractivity contribution in [3.05, 3.63) is 28.2 Å². The van der Waals surface area contributed by atoms with Gasteiger partial charge in [-0.3, -0.25) is 0 Å². The zero-order valence-electron chi connectivity index (χ0n) is 12.9. The van der Waals surface area contributed by atoms with Crippen LogP contribution in [-0.4, -0.2) is 12.1 Å². The smallest absolute Gasteiger partial charge is 0.133 e. The van der Waals surface area contributed by atoms with Gasteiger partial charge in [0, 0.05) is 12.6 Å². The molecule has 2 fully saturated rings. The van der Waals surface area contributed by atoms with E-state index in [0.29, 0.717) is 6.10 Å². The molecule has 0 saturated heterocycles. The topological polar surface area (TPSA) is 21.3 Å². The van der Waals surface area contributed by atoms with Gasteiger partial charge in [-0.2, -0.15) is 0 Å². The fourth-order valence-corrected chi connectivity index (χ4v) is 3.72. The molecule has 0 amide bonds. The second-order valence-electron chi connectivity index (χ2n) is 6.60. The molecule has 0 bridgehead atoms. The van der Waals surface area contributed by atoms with E-state index in [2.05, 4.69) is 46.4 Å². The van der Waals surface area contributed by atoms with Gasteiger partial charge in [-0.15, -0.1) is 0 Å². The zero-order chi connectivity index (χ0) is 14.7. The standard InChI is InChI=1S/C18H26BrNO/c1-2-13-4-3-5-16(10-13)21-18-9-6-14(11-17(18)19)12-20-15-7-8-15/h6,9,11,13,15-16,20H,2-5,7-8,10,12H2,1H3. The Kier molecular flexibility index (Phi) is 5.23. The van der Waals surface area contributed by atoms with Crippen LogP contribution in [0.1, 0.15) is 57.4 Å². The molecule has 0 aliphatic heterocycles. The van der Waals surface area contributed by atoms with Crippen LogP contribution in [0.15, 0.2) is 22.7 Å². The maximum absolute atomic E-state index is 6.24. The molecule has 116 valence electrons. The molecule has 1 N–H and O–H groups in total. The summed E-state index contributed by atoms with van der Waals surface area (Å²) in [5.74, 6) is 1.86. The van der Waals surface area contributed by atoms with Gasteiger partial charge < -0.3 is 10.1 Å². The van der Waals surface area contributed by atoms with E-state index in [1.165, 1.54) is 50.5 Å². The summed E-state index contributed by atoms with van der Waals surface area (Å²) in [6.45, 7) is 3.26. The molecular weight excluding hydrogens is 326 g/mol. The number of ether oxygens (including phenoxy) is 1. The molecule has 2 nitrogen and oxygen atoms in total. The van der Waals surface area contributed by atoms with Gasteiger partial charge in [-0.25, -0.2) is 0 Å². The fraction of sp³-hybridized carbons (Fsp3) is 0.667. The summed E-state index contributed by atoms with van der Waals surface area (Å²) in [4.78, 5) is 0. The molecule has 2 aliphatic rings. The van der Waals surface area contributed by atoms with E-state index in [9.17, 15) is 0 Å². The summed E-state index contributed by atoms with van der Waals surface area (Å²) in [6, 6.07) is 7.28. The van der Waals surface area contributed by atoms with Crippen LogP contribution in [0.2, 0.25) is 0 Å². The lowest BCUT2D eigenvalue weighted by molar-refractivity contribution is 0.121. The lowest BCUT2D eigenvalue weighted by Gasteiger charge is -2.29. The van der Waals surface area contributed by atoms with Crippen LogP contribution < -0.4 is 10.1 Å². The molecule has 0 aromatic heterocycles. The van der Waals surface area contributed by atoms with E-state index in [0.717, 1.165) is 28.7 Å². The van der Waals surface area contributed by atoms with Gasteiger partial charge in [-0.05, 0) is 71.6 Å². The summed E-state index contributed by atoms with van der Waals surface area (Å²) < 4.78 is 7.34. The van der Waals surface area contributed by atoms with Crippen molar-refractivity contribution in [3.63, 3.8) is 0 Å². The van der Waals surface area contributed by atoms with E-state index in [1.54, 1.807) is 0 Å². The van der Waals surface area contributed by atoms with Crippen molar-refractivity contribution in [1.82, 2.24) is 5.32 Å². The van der Waals surface area contributed by atoms with Crippen molar-refractivity contribution in [3.8, 4) is 5.75 Å². The Bertz CT molecular complexity index is 472. The maximum atomic E-state index is 6.24. The molecule has 0 spiro atoms. The highest BCUT2D eigenvalue weighted by molar-refractivity contribution is 9.10. The third-order valence-electron chi connectivity index (χ3n) is 4.77.